The average molecular weight is 542 g/mol. The van der Waals surface area contributed by atoms with Crippen LogP contribution in [0.1, 0.15) is 44.9 Å². The Morgan fingerprint density at radius 1 is 1.19 bits per heavy atom. The van der Waals surface area contributed by atoms with Gasteiger partial charge in [-0.25, -0.2) is 4.39 Å². The third-order valence-corrected chi connectivity index (χ3v) is 6.62. The second kappa shape index (κ2) is 11.0. The smallest absolute Gasteiger partial charge is 0.111 e. The summed E-state index contributed by atoms with van der Waals surface area (Å²) in [5, 5.41) is 20.1. The highest BCUT2D eigenvalue weighted by molar-refractivity contribution is 6.36. The van der Waals surface area contributed by atoms with Crippen LogP contribution in [0, 0.1) is 16.7 Å². The predicted octanol–water partition coefficient (Wildman–Crippen LogP) is 6.55. The molecular weight excluding hydrogens is 512 g/mol. The van der Waals surface area contributed by atoms with Crippen LogP contribution in [0.3, 0.4) is 0 Å². The number of anilines is 2. The Morgan fingerprint density at radius 2 is 1.95 bits per heavy atom. The molecule has 0 amide bonds. The summed E-state index contributed by atoms with van der Waals surface area (Å²) in [6, 6.07) is 12.7. The SMILES string of the molecule is C[C@@H](CF)N1C=C(C(Nc2cc(Cl)c3ncc(C#N)c(NCC(C)(C)C)c3c2)c2ccccc2Cl)NN1. The van der Waals surface area contributed by atoms with Gasteiger partial charge >= 0.3 is 0 Å². The summed E-state index contributed by atoms with van der Waals surface area (Å²) < 4.78 is 13.3. The molecule has 2 heterocycles. The molecule has 1 aliphatic rings. The largest absolute Gasteiger partial charge is 0.383 e. The van der Waals surface area contributed by atoms with Gasteiger partial charge in [0.1, 0.15) is 12.7 Å². The van der Waals surface area contributed by atoms with E-state index in [2.05, 4.69) is 53.4 Å². The summed E-state index contributed by atoms with van der Waals surface area (Å²) in [7, 11) is 0. The maximum absolute atomic E-state index is 13.3. The summed E-state index contributed by atoms with van der Waals surface area (Å²) in [5.74, 6) is 0. The Kier molecular flexibility index (Phi) is 7.98. The fraction of sp³-hybridized carbons (Fsp3) is 0.333. The van der Waals surface area contributed by atoms with Crippen LogP contribution in [0.15, 0.2) is 54.5 Å². The van der Waals surface area contributed by atoms with E-state index in [4.69, 9.17) is 23.2 Å². The number of benzene rings is 2. The molecule has 37 heavy (non-hydrogen) atoms. The van der Waals surface area contributed by atoms with Crippen molar-refractivity contribution in [1.82, 2.24) is 21.0 Å². The first kappa shape index (κ1) is 26.8. The van der Waals surface area contributed by atoms with E-state index in [1.165, 1.54) is 0 Å². The number of hydrogen-bond acceptors (Lipinski definition) is 7. The molecule has 4 N–H and O–H groups in total. The minimum Gasteiger partial charge on any atom is -0.383 e. The second-order valence-electron chi connectivity index (χ2n) is 10.3. The van der Waals surface area contributed by atoms with Crippen molar-refractivity contribution in [3.8, 4) is 6.07 Å². The van der Waals surface area contributed by atoms with Gasteiger partial charge in [-0.15, -0.1) is 5.53 Å². The number of halogens is 3. The first-order valence-corrected chi connectivity index (χ1v) is 12.7. The van der Waals surface area contributed by atoms with E-state index in [1.54, 1.807) is 24.2 Å². The highest BCUT2D eigenvalue weighted by atomic mass is 35.5. The number of nitrogens with one attached hydrogen (secondary N) is 4. The topological polar surface area (TPSA) is 88.0 Å². The number of nitrogens with zero attached hydrogens (tertiary/aromatic N) is 3. The van der Waals surface area contributed by atoms with Crippen LogP contribution in [-0.2, 0) is 0 Å². The first-order valence-electron chi connectivity index (χ1n) is 12.0. The molecule has 0 saturated carbocycles. The van der Waals surface area contributed by atoms with Crippen molar-refractivity contribution >= 4 is 45.5 Å². The molecule has 0 saturated heterocycles. The van der Waals surface area contributed by atoms with Gasteiger partial charge in [0.2, 0.25) is 0 Å². The molecule has 2 atom stereocenters. The van der Waals surface area contributed by atoms with Crippen LogP contribution in [0.4, 0.5) is 15.8 Å². The van der Waals surface area contributed by atoms with Crippen LogP contribution in [0.2, 0.25) is 10.0 Å². The molecule has 10 heteroatoms. The minimum absolute atomic E-state index is 0.00658. The Balaban J connectivity index is 1.79. The quantitative estimate of drug-likeness (QED) is 0.257. The number of rotatable bonds is 8. The molecule has 1 aliphatic heterocycles. The number of alkyl halides is 1. The molecule has 2 aromatic carbocycles. The lowest BCUT2D eigenvalue weighted by Crippen LogP contribution is -2.43. The Bertz CT molecular complexity index is 1360. The molecule has 194 valence electrons. The van der Waals surface area contributed by atoms with Gasteiger partial charge in [0, 0.05) is 35.0 Å². The molecule has 3 aromatic rings. The van der Waals surface area contributed by atoms with Crippen LogP contribution in [0.5, 0.6) is 0 Å². The number of nitriles is 1. The summed E-state index contributed by atoms with van der Waals surface area (Å²) in [6.45, 7) is 8.28. The minimum atomic E-state index is -0.512. The molecule has 0 spiro atoms. The van der Waals surface area contributed by atoms with E-state index >= 15 is 0 Å². The van der Waals surface area contributed by atoms with Crippen molar-refractivity contribution in [3.05, 3.63) is 75.7 Å². The van der Waals surface area contributed by atoms with Gasteiger partial charge in [-0.05, 0) is 36.1 Å². The van der Waals surface area contributed by atoms with E-state index in [1.807, 2.05) is 36.5 Å². The first-order chi connectivity index (χ1) is 17.6. The summed E-state index contributed by atoms with van der Waals surface area (Å²) in [6.07, 6.45) is 3.36. The standard InChI is InChI=1S/C27H30Cl2FN7/c1-16(11-30)37-14-23(35-36-37)26(19-7-5-6-8-21(19)28)34-18-9-20-24(33-15-27(2,3)4)17(12-31)13-32-25(20)22(29)10-18/h5-10,13-14,16,26,34-36H,11,15H2,1-4H3,(H,32,33)/t16-,26?/m0/s1. The van der Waals surface area contributed by atoms with Gasteiger partial charge < -0.3 is 16.1 Å². The number of hydrazine groups is 2. The molecule has 0 bridgehead atoms. The second-order valence-corrected chi connectivity index (χ2v) is 11.1. The van der Waals surface area contributed by atoms with Crippen molar-refractivity contribution in [2.45, 2.75) is 39.8 Å². The molecule has 1 aromatic heterocycles. The molecule has 0 aliphatic carbocycles. The Hall–Kier alpha value is -3.25. The predicted molar refractivity (Wildman–Crippen MR) is 149 cm³/mol. The van der Waals surface area contributed by atoms with E-state index in [-0.39, 0.29) is 11.5 Å². The van der Waals surface area contributed by atoms with Gasteiger partial charge in [0.25, 0.3) is 0 Å². The Labute approximate surface area is 226 Å². The highest BCUT2D eigenvalue weighted by Crippen LogP contribution is 2.37. The summed E-state index contributed by atoms with van der Waals surface area (Å²) in [5.41, 5.74) is 10.1. The van der Waals surface area contributed by atoms with Gasteiger partial charge in [0.05, 0.1) is 39.6 Å². The fourth-order valence-corrected chi connectivity index (χ4v) is 4.49. The third-order valence-electron chi connectivity index (χ3n) is 5.98. The molecular formula is C27H30Cl2FN7. The molecule has 4 rings (SSSR count). The van der Waals surface area contributed by atoms with Crippen molar-refractivity contribution in [2.24, 2.45) is 5.41 Å². The number of hydrogen-bond donors (Lipinski definition) is 4. The highest BCUT2D eigenvalue weighted by Gasteiger charge is 2.26. The van der Waals surface area contributed by atoms with E-state index in [9.17, 15) is 9.65 Å². The fourth-order valence-electron chi connectivity index (χ4n) is 3.97. The lowest BCUT2D eigenvalue weighted by atomic mass is 9.96. The van der Waals surface area contributed by atoms with E-state index < -0.39 is 12.7 Å². The molecule has 7 nitrogen and oxygen atoms in total. The van der Waals surface area contributed by atoms with Gasteiger partial charge in [-0.2, -0.15) is 5.26 Å². The van der Waals surface area contributed by atoms with E-state index in [0.29, 0.717) is 39.0 Å². The molecule has 1 unspecified atom stereocenters. The van der Waals surface area contributed by atoms with Gasteiger partial charge in [-0.1, -0.05) is 62.2 Å². The number of pyridine rings is 1. The molecule has 0 radical (unpaired) electrons. The summed E-state index contributed by atoms with van der Waals surface area (Å²) >= 11 is 13.3. The lowest BCUT2D eigenvalue weighted by molar-refractivity contribution is 0.178. The monoisotopic (exact) mass is 541 g/mol. The Morgan fingerprint density at radius 3 is 2.62 bits per heavy atom. The molecule has 0 fully saturated rings. The van der Waals surface area contributed by atoms with Crippen molar-refractivity contribution < 1.29 is 4.39 Å². The van der Waals surface area contributed by atoms with Crippen molar-refractivity contribution in [3.63, 3.8) is 0 Å². The van der Waals surface area contributed by atoms with Gasteiger partial charge in [0.15, 0.2) is 0 Å². The zero-order valence-corrected chi connectivity index (χ0v) is 22.7. The van der Waals surface area contributed by atoms with Gasteiger partial charge in [-0.3, -0.25) is 9.99 Å². The number of fused-ring (bicyclic) bond motifs is 1. The third kappa shape index (κ3) is 6.02. The van der Waals surface area contributed by atoms with E-state index in [0.717, 1.165) is 16.6 Å². The average Bonchev–Trinajstić information content (AvgIpc) is 3.35. The van der Waals surface area contributed by atoms with Crippen molar-refractivity contribution in [2.75, 3.05) is 23.9 Å². The zero-order valence-electron chi connectivity index (χ0n) is 21.2. The maximum atomic E-state index is 13.3. The van der Waals surface area contributed by atoms with Crippen molar-refractivity contribution in [1.29, 1.82) is 5.26 Å². The summed E-state index contributed by atoms with van der Waals surface area (Å²) in [4.78, 5) is 4.45. The van der Waals surface area contributed by atoms with Crippen LogP contribution in [0.25, 0.3) is 10.9 Å². The van der Waals surface area contributed by atoms with Crippen LogP contribution >= 0.6 is 23.2 Å². The van der Waals surface area contributed by atoms with Crippen LogP contribution in [-0.4, -0.2) is 29.3 Å². The zero-order chi connectivity index (χ0) is 26.7. The maximum Gasteiger partial charge on any atom is 0.111 e. The number of aromatic nitrogens is 1. The lowest BCUT2D eigenvalue weighted by Gasteiger charge is -2.24. The van der Waals surface area contributed by atoms with Crippen LogP contribution < -0.4 is 21.6 Å². The normalized spacial score (nSPS) is 15.1.